The van der Waals surface area contributed by atoms with Gasteiger partial charge in [-0.2, -0.15) is 0 Å². The van der Waals surface area contributed by atoms with Gasteiger partial charge in [-0.05, 0) is 0 Å². The van der Waals surface area contributed by atoms with Gasteiger partial charge in [0.2, 0.25) is 5.91 Å². The molecule has 1 aliphatic heterocycles. The van der Waals surface area contributed by atoms with Crippen LogP contribution < -0.4 is 5.32 Å². The van der Waals surface area contributed by atoms with Gasteiger partial charge >= 0.3 is 23.9 Å². The number of aliphatic carboxylic acids is 1. The van der Waals surface area contributed by atoms with Crippen molar-refractivity contribution in [3.05, 3.63) is 0 Å². The number of ether oxygens (including phenoxy) is 8. The van der Waals surface area contributed by atoms with Crippen molar-refractivity contribution in [1.29, 1.82) is 0 Å². The number of hydrogen-bond acceptors (Lipinski definition) is 13. The Hall–Kier alpha value is -2.85. The summed E-state index contributed by atoms with van der Waals surface area (Å²) in [7, 11) is 0. The number of hydrogen-bond donors (Lipinski definition) is 2. The second-order valence-corrected chi connectivity index (χ2v) is 7.76. The monoisotopic (exact) mass is 553 g/mol. The molecule has 1 fully saturated rings. The Morgan fingerprint density at radius 3 is 1.79 bits per heavy atom. The molecule has 38 heavy (non-hydrogen) atoms. The average Bonchev–Trinajstić information content (AvgIpc) is 2.78. The van der Waals surface area contributed by atoms with E-state index in [4.69, 9.17) is 43.0 Å². The molecule has 15 heteroatoms. The van der Waals surface area contributed by atoms with Crippen molar-refractivity contribution in [3.8, 4) is 0 Å². The number of nitrogens with one attached hydrogen (secondary N) is 1. The maximum Gasteiger partial charge on any atom is 0.329 e. The molecule has 0 radical (unpaired) electrons. The quantitative estimate of drug-likeness (QED) is 0.132. The van der Waals surface area contributed by atoms with Crippen LogP contribution in [0.5, 0.6) is 0 Å². The molecule has 0 spiro atoms. The first kappa shape index (κ1) is 35.2. The number of carbonyl (C=O) groups is 5. The Balaban J connectivity index is 0.0000137. The fourth-order valence-corrected chi connectivity index (χ4v) is 3.26. The zero-order chi connectivity index (χ0) is 27.8. The topological polar surface area (TPSA) is 191 Å². The molecule has 5 atom stereocenters. The molecular weight excluding hydrogens is 514 g/mol. The maximum atomic E-state index is 11.9. The summed E-state index contributed by atoms with van der Waals surface area (Å²) in [6.45, 7) is 4.86. The molecule has 0 aliphatic carbocycles. The molecule has 1 rings (SSSR count). The zero-order valence-corrected chi connectivity index (χ0v) is 21.3. The van der Waals surface area contributed by atoms with Gasteiger partial charge < -0.3 is 48.3 Å². The summed E-state index contributed by atoms with van der Waals surface area (Å²) in [6.07, 6.45) is -4.65. The molecule has 0 unspecified atom stereocenters. The van der Waals surface area contributed by atoms with Gasteiger partial charge in [0.15, 0.2) is 18.5 Å². The first-order valence-electron chi connectivity index (χ1n) is 11.5. The number of amides is 1. The summed E-state index contributed by atoms with van der Waals surface area (Å²) >= 11 is 0. The number of carboxylic acid groups (broad SMARTS) is 1. The first-order valence-corrected chi connectivity index (χ1v) is 11.5. The van der Waals surface area contributed by atoms with Crippen molar-refractivity contribution in [2.75, 3.05) is 52.9 Å². The van der Waals surface area contributed by atoms with Gasteiger partial charge in [-0.3, -0.25) is 19.2 Å². The van der Waals surface area contributed by atoms with Gasteiger partial charge in [0.1, 0.15) is 25.4 Å². The Morgan fingerprint density at radius 1 is 0.763 bits per heavy atom. The molecule has 1 heterocycles. The van der Waals surface area contributed by atoms with E-state index in [1.165, 1.54) is 13.8 Å². The van der Waals surface area contributed by atoms with Crippen molar-refractivity contribution in [1.82, 2.24) is 5.32 Å². The third kappa shape index (κ3) is 14.8. The highest BCUT2D eigenvalue weighted by atomic mass is 16.7. The van der Waals surface area contributed by atoms with Crippen molar-refractivity contribution in [3.63, 3.8) is 0 Å². The van der Waals surface area contributed by atoms with Crippen LogP contribution in [-0.2, 0) is 61.9 Å². The molecule has 0 aromatic heterocycles. The molecule has 2 N–H and O–H groups in total. The van der Waals surface area contributed by atoms with Crippen LogP contribution in [0.4, 0.5) is 0 Å². The Morgan fingerprint density at radius 2 is 1.29 bits per heavy atom. The number of rotatable bonds is 17. The zero-order valence-electron chi connectivity index (χ0n) is 21.3. The lowest BCUT2D eigenvalue weighted by Crippen LogP contribution is -2.66. The standard InChI is InChI=1S/C22H35NO14.CH4/c1-13(24)23-19-21(36-16(4)27)20(35-15(3)26)17(11-34-14(2)25)37-22(19)33-10-9-31-6-5-30-7-8-32-12-18(28)29;/h17,19-22H,5-12H2,1-4H3,(H,23,24)(H,28,29);1H4/t17-,19-,20+,21-,22-;/m1./s1. The summed E-state index contributed by atoms with van der Waals surface area (Å²) in [5, 5.41) is 11.1. The van der Waals surface area contributed by atoms with Gasteiger partial charge in [-0.1, -0.05) is 7.43 Å². The Labute approximate surface area is 221 Å². The first-order chi connectivity index (χ1) is 17.5. The van der Waals surface area contributed by atoms with Gasteiger partial charge in [0, 0.05) is 27.7 Å². The normalized spacial score (nSPS) is 22.5. The van der Waals surface area contributed by atoms with E-state index in [1.54, 1.807) is 0 Å². The van der Waals surface area contributed by atoms with Crippen LogP contribution in [0, 0.1) is 0 Å². The minimum absolute atomic E-state index is 0. The second-order valence-electron chi connectivity index (χ2n) is 7.76. The molecule has 0 aromatic carbocycles. The molecule has 1 amide bonds. The molecule has 0 bridgehead atoms. The van der Waals surface area contributed by atoms with Crippen LogP contribution in [0.25, 0.3) is 0 Å². The summed E-state index contributed by atoms with van der Waals surface area (Å²) < 4.78 is 42.8. The van der Waals surface area contributed by atoms with E-state index in [1.807, 2.05) is 0 Å². The largest absolute Gasteiger partial charge is 0.480 e. The number of carbonyl (C=O) groups excluding carboxylic acids is 4. The molecular formula is C23H39NO14. The fraction of sp³-hybridized carbons (Fsp3) is 0.783. The Kier molecular flexibility index (Phi) is 17.8. The SMILES string of the molecule is C.CC(=O)N[C@H]1[C@H](OCCOCCOCCOCC(=O)O)O[C@H](COC(C)=O)[C@H](OC(C)=O)[C@@H]1OC(C)=O. The summed E-state index contributed by atoms with van der Waals surface area (Å²) in [5.41, 5.74) is 0. The van der Waals surface area contributed by atoms with E-state index in [9.17, 15) is 24.0 Å². The minimum atomic E-state index is -1.21. The van der Waals surface area contributed by atoms with Crippen molar-refractivity contribution in [2.24, 2.45) is 0 Å². The number of carboxylic acids is 1. The second kappa shape index (κ2) is 19.3. The highest BCUT2D eigenvalue weighted by Crippen LogP contribution is 2.28. The average molecular weight is 554 g/mol. The molecule has 1 aliphatic rings. The molecule has 0 aromatic rings. The van der Waals surface area contributed by atoms with Crippen LogP contribution in [0.2, 0.25) is 0 Å². The smallest absolute Gasteiger partial charge is 0.329 e. The highest BCUT2D eigenvalue weighted by Gasteiger charge is 2.51. The highest BCUT2D eigenvalue weighted by molar-refractivity contribution is 5.73. The molecule has 0 saturated carbocycles. The van der Waals surface area contributed by atoms with Crippen LogP contribution in [0.1, 0.15) is 35.1 Å². The summed E-state index contributed by atoms with van der Waals surface area (Å²) in [5.74, 6) is -3.57. The third-order valence-corrected chi connectivity index (χ3v) is 4.55. The van der Waals surface area contributed by atoms with Crippen LogP contribution in [-0.4, -0.2) is 118 Å². The molecule has 1 saturated heterocycles. The Bertz CT molecular complexity index is 760. The summed E-state index contributed by atoms with van der Waals surface area (Å²) in [4.78, 5) is 57.1. The van der Waals surface area contributed by atoms with Gasteiger partial charge in [0.05, 0.1) is 39.6 Å². The maximum absolute atomic E-state index is 11.9. The predicted molar refractivity (Wildman–Crippen MR) is 127 cm³/mol. The molecule has 15 nitrogen and oxygen atoms in total. The van der Waals surface area contributed by atoms with Crippen LogP contribution in [0.3, 0.4) is 0 Å². The third-order valence-electron chi connectivity index (χ3n) is 4.55. The predicted octanol–water partition coefficient (Wildman–Crippen LogP) is -0.570. The number of esters is 3. The van der Waals surface area contributed by atoms with Crippen molar-refractivity contribution < 1.29 is 67.0 Å². The van der Waals surface area contributed by atoms with Crippen molar-refractivity contribution in [2.45, 2.75) is 65.8 Å². The molecule has 220 valence electrons. The van der Waals surface area contributed by atoms with E-state index in [0.29, 0.717) is 0 Å². The van der Waals surface area contributed by atoms with E-state index in [0.717, 1.165) is 13.8 Å². The lowest BCUT2D eigenvalue weighted by Gasteiger charge is -2.44. The van der Waals surface area contributed by atoms with E-state index >= 15 is 0 Å². The van der Waals surface area contributed by atoms with Crippen molar-refractivity contribution >= 4 is 29.8 Å². The van der Waals surface area contributed by atoms with Crippen LogP contribution >= 0.6 is 0 Å². The lowest BCUT2D eigenvalue weighted by atomic mass is 9.96. The van der Waals surface area contributed by atoms with E-state index < -0.39 is 67.0 Å². The van der Waals surface area contributed by atoms with Gasteiger partial charge in [-0.25, -0.2) is 4.79 Å². The van der Waals surface area contributed by atoms with E-state index in [2.05, 4.69) is 5.32 Å². The van der Waals surface area contributed by atoms with Gasteiger partial charge in [-0.15, -0.1) is 0 Å². The van der Waals surface area contributed by atoms with E-state index in [-0.39, 0.29) is 53.7 Å². The lowest BCUT2D eigenvalue weighted by molar-refractivity contribution is -0.279. The van der Waals surface area contributed by atoms with Gasteiger partial charge in [0.25, 0.3) is 0 Å². The van der Waals surface area contributed by atoms with Crippen LogP contribution in [0.15, 0.2) is 0 Å². The summed E-state index contributed by atoms with van der Waals surface area (Å²) in [6, 6.07) is -1.06. The minimum Gasteiger partial charge on any atom is -0.480 e. The fourth-order valence-electron chi connectivity index (χ4n) is 3.26.